The zero-order valence-electron chi connectivity index (χ0n) is 12.4. The molecule has 0 aromatic carbocycles. The van der Waals surface area contributed by atoms with Gasteiger partial charge in [-0.15, -0.1) is 0 Å². The quantitative estimate of drug-likeness (QED) is 0.868. The molecule has 0 aliphatic carbocycles. The summed E-state index contributed by atoms with van der Waals surface area (Å²) in [6, 6.07) is 0. The molecule has 1 aromatic rings. The van der Waals surface area contributed by atoms with Gasteiger partial charge in [-0.3, -0.25) is 9.69 Å². The highest BCUT2D eigenvalue weighted by Gasteiger charge is 2.40. The highest BCUT2D eigenvalue weighted by molar-refractivity contribution is 5.77. The van der Waals surface area contributed by atoms with Gasteiger partial charge in [-0.2, -0.15) is 18.2 Å². The summed E-state index contributed by atoms with van der Waals surface area (Å²) in [4.78, 5) is 17.0. The lowest BCUT2D eigenvalue weighted by Crippen LogP contribution is -2.46. The maximum Gasteiger partial charge on any atom is 0.455 e. The van der Waals surface area contributed by atoms with E-state index in [0.29, 0.717) is 45.5 Å². The Labute approximate surface area is 130 Å². The van der Waals surface area contributed by atoms with Crippen LogP contribution in [0.25, 0.3) is 0 Å². The Hall–Kier alpha value is -1.68. The van der Waals surface area contributed by atoms with Gasteiger partial charge in [-0.1, -0.05) is 5.16 Å². The van der Waals surface area contributed by atoms with Crippen LogP contribution in [0.1, 0.15) is 31.0 Å². The van der Waals surface area contributed by atoms with Gasteiger partial charge < -0.3 is 14.6 Å². The van der Waals surface area contributed by atoms with E-state index in [2.05, 4.69) is 20.0 Å². The van der Waals surface area contributed by atoms with E-state index in [1.54, 1.807) is 0 Å². The molecule has 10 heteroatoms. The van der Waals surface area contributed by atoms with Crippen molar-refractivity contribution in [3.63, 3.8) is 0 Å². The molecule has 0 atom stereocenters. The number of amides is 1. The Morgan fingerprint density at radius 1 is 1.30 bits per heavy atom. The van der Waals surface area contributed by atoms with Crippen LogP contribution >= 0.6 is 0 Å². The first-order chi connectivity index (χ1) is 10.9. The number of carbonyl (C=O) groups excluding carboxylic acids is 1. The fraction of sp³-hybridized carbons (Fsp3) is 0.769. The molecule has 2 saturated heterocycles. The van der Waals surface area contributed by atoms with E-state index in [9.17, 15) is 18.0 Å². The van der Waals surface area contributed by atoms with Crippen LogP contribution < -0.4 is 5.32 Å². The second kappa shape index (κ2) is 6.08. The second-order valence-electron chi connectivity index (χ2n) is 5.84. The van der Waals surface area contributed by atoms with E-state index in [1.807, 2.05) is 4.90 Å². The van der Waals surface area contributed by atoms with Crippen molar-refractivity contribution in [2.45, 2.75) is 37.6 Å². The first-order valence-electron chi connectivity index (χ1n) is 7.39. The van der Waals surface area contributed by atoms with Crippen molar-refractivity contribution in [3.05, 3.63) is 11.7 Å². The predicted molar refractivity (Wildman–Crippen MR) is 70.1 cm³/mol. The molecule has 0 bridgehead atoms. The number of carbonyl (C=O) groups is 1. The monoisotopic (exact) mass is 334 g/mol. The topological polar surface area (TPSA) is 80.5 Å². The second-order valence-corrected chi connectivity index (χ2v) is 5.84. The number of nitrogens with zero attached hydrogens (tertiary/aromatic N) is 3. The lowest BCUT2D eigenvalue weighted by Gasteiger charge is -2.39. The van der Waals surface area contributed by atoms with Gasteiger partial charge in [0.1, 0.15) is 0 Å². The molecule has 0 radical (unpaired) electrons. The molecule has 1 N–H and O–H groups in total. The van der Waals surface area contributed by atoms with Crippen LogP contribution in [-0.4, -0.2) is 52.8 Å². The van der Waals surface area contributed by atoms with Gasteiger partial charge >= 0.3 is 6.18 Å². The van der Waals surface area contributed by atoms with Crippen LogP contribution in [0.5, 0.6) is 0 Å². The van der Waals surface area contributed by atoms with Crippen molar-refractivity contribution < 1.29 is 27.2 Å². The Morgan fingerprint density at radius 2 is 2.04 bits per heavy atom. The summed E-state index contributed by atoms with van der Waals surface area (Å²) >= 11 is 0. The standard InChI is InChI=1S/C13H17F3N4O3/c14-13(15,16)11-18-10(23-19-11)8-20-4-1-12(2-5-20)7-9(21)17-3-6-22-12/h1-8H2,(H,17,21). The van der Waals surface area contributed by atoms with Gasteiger partial charge in [0.05, 0.1) is 25.2 Å². The summed E-state index contributed by atoms with van der Waals surface area (Å²) in [6.07, 6.45) is -3.00. The van der Waals surface area contributed by atoms with E-state index in [-0.39, 0.29) is 18.3 Å². The number of likely N-dealkylation sites (tertiary alicyclic amines) is 1. The molecule has 0 unspecified atom stereocenters. The third kappa shape index (κ3) is 3.81. The number of aromatic nitrogens is 2. The summed E-state index contributed by atoms with van der Waals surface area (Å²) in [6.45, 7) is 2.33. The van der Waals surface area contributed by atoms with E-state index in [4.69, 9.17) is 4.74 Å². The number of hydrogen-bond donors (Lipinski definition) is 1. The minimum Gasteiger partial charge on any atom is -0.373 e. The van der Waals surface area contributed by atoms with E-state index in [0.717, 1.165) is 0 Å². The number of halogens is 3. The highest BCUT2D eigenvalue weighted by atomic mass is 19.4. The molecule has 1 spiro atoms. The van der Waals surface area contributed by atoms with Gasteiger partial charge in [0.2, 0.25) is 11.8 Å². The van der Waals surface area contributed by atoms with Crippen LogP contribution in [0.15, 0.2) is 4.52 Å². The van der Waals surface area contributed by atoms with Crippen molar-refractivity contribution in [2.24, 2.45) is 0 Å². The first kappa shape index (κ1) is 16.2. The molecule has 128 valence electrons. The Bertz CT molecular complexity index is 567. The average Bonchev–Trinajstić information content (AvgIpc) is 2.88. The average molecular weight is 334 g/mol. The van der Waals surface area contributed by atoms with Crippen molar-refractivity contribution >= 4 is 5.91 Å². The van der Waals surface area contributed by atoms with Crippen molar-refractivity contribution in [2.75, 3.05) is 26.2 Å². The molecule has 3 rings (SSSR count). The summed E-state index contributed by atoms with van der Waals surface area (Å²) in [7, 11) is 0. The minimum absolute atomic E-state index is 0.0253. The summed E-state index contributed by atoms with van der Waals surface area (Å²) in [5.41, 5.74) is -0.469. The van der Waals surface area contributed by atoms with Crippen LogP contribution in [0.3, 0.4) is 0 Å². The lowest BCUT2D eigenvalue weighted by molar-refractivity contribution is -0.146. The number of ether oxygens (including phenoxy) is 1. The number of piperidine rings is 1. The molecular weight excluding hydrogens is 317 g/mol. The number of alkyl halides is 3. The molecule has 0 saturated carbocycles. The van der Waals surface area contributed by atoms with E-state index >= 15 is 0 Å². The molecular formula is C13H17F3N4O3. The van der Waals surface area contributed by atoms with Gasteiger partial charge in [-0.25, -0.2) is 0 Å². The smallest absolute Gasteiger partial charge is 0.373 e. The first-order valence-corrected chi connectivity index (χ1v) is 7.39. The molecule has 1 amide bonds. The highest BCUT2D eigenvalue weighted by Crippen LogP contribution is 2.32. The summed E-state index contributed by atoms with van der Waals surface area (Å²) in [5.74, 6) is -1.35. The van der Waals surface area contributed by atoms with Gasteiger partial charge in [-0.05, 0) is 12.8 Å². The number of rotatable bonds is 2. The van der Waals surface area contributed by atoms with Crippen LogP contribution in [-0.2, 0) is 22.3 Å². The number of nitrogens with one attached hydrogen (secondary N) is 1. The Balaban J connectivity index is 1.57. The molecule has 7 nitrogen and oxygen atoms in total. The zero-order valence-corrected chi connectivity index (χ0v) is 12.4. The summed E-state index contributed by atoms with van der Waals surface area (Å²) < 4.78 is 47.8. The molecule has 2 aliphatic heterocycles. The molecule has 23 heavy (non-hydrogen) atoms. The minimum atomic E-state index is -4.60. The Morgan fingerprint density at radius 3 is 2.70 bits per heavy atom. The largest absolute Gasteiger partial charge is 0.455 e. The van der Waals surface area contributed by atoms with E-state index in [1.165, 1.54) is 0 Å². The van der Waals surface area contributed by atoms with Crippen molar-refractivity contribution in [1.82, 2.24) is 20.4 Å². The predicted octanol–water partition coefficient (Wildman–Crippen LogP) is 0.960. The molecule has 2 fully saturated rings. The van der Waals surface area contributed by atoms with Gasteiger partial charge in [0.15, 0.2) is 0 Å². The lowest BCUT2D eigenvalue weighted by atomic mass is 9.87. The normalized spacial score (nSPS) is 22.8. The van der Waals surface area contributed by atoms with Crippen molar-refractivity contribution in [3.8, 4) is 0 Å². The maximum absolute atomic E-state index is 12.4. The fourth-order valence-electron chi connectivity index (χ4n) is 2.93. The number of hydrogen-bond acceptors (Lipinski definition) is 6. The SMILES string of the molecule is O=C1CC2(CCN(Cc3nc(C(F)(F)F)no3)CC2)OCCN1. The van der Waals surface area contributed by atoms with Crippen molar-refractivity contribution in [1.29, 1.82) is 0 Å². The third-order valence-corrected chi connectivity index (χ3v) is 4.16. The maximum atomic E-state index is 12.4. The van der Waals surface area contributed by atoms with Gasteiger partial charge in [0.25, 0.3) is 5.82 Å². The van der Waals surface area contributed by atoms with Crippen LogP contribution in [0.4, 0.5) is 13.2 Å². The fourth-order valence-corrected chi connectivity index (χ4v) is 2.93. The third-order valence-electron chi connectivity index (χ3n) is 4.16. The molecule has 1 aromatic heterocycles. The molecule has 3 heterocycles. The summed E-state index contributed by atoms with van der Waals surface area (Å²) in [5, 5.41) is 5.71. The van der Waals surface area contributed by atoms with Gasteiger partial charge in [0, 0.05) is 19.6 Å². The van der Waals surface area contributed by atoms with Crippen LogP contribution in [0.2, 0.25) is 0 Å². The zero-order chi connectivity index (χ0) is 16.5. The van der Waals surface area contributed by atoms with Crippen LogP contribution in [0, 0.1) is 0 Å². The Kier molecular flexibility index (Phi) is 4.28. The van der Waals surface area contributed by atoms with E-state index < -0.39 is 17.6 Å². The molecule has 2 aliphatic rings.